The highest BCUT2D eigenvalue weighted by atomic mass is 16.5. The van der Waals surface area contributed by atoms with Crippen LogP contribution in [0.25, 0.3) is 11.4 Å². The highest BCUT2D eigenvalue weighted by Gasteiger charge is 2.26. The summed E-state index contributed by atoms with van der Waals surface area (Å²) in [5.74, 6) is 1.83. The Morgan fingerprint density at radius 3 is 2.61 bits per heavy atom. The van der Waals surface area contributed by atoms with Crippen LogP contribution in [-0.4, -0.2) is 28.3 Å². The molecule has 0 atom stereocenters. The van der Waals surface area contributed by atoms with E-state index in [-0.39, 0.29) is 23.0 Å². The molecule has 28 heavy (non-hydrogen) atoms. The van der Waals surface area contributed by atoms with E-state index in [1.54, 1.807) is 18.2 Å². The standard InChI is InChI=1S/C21H20N2O5/c1-3-26-15-9-6-8-13(17(15)24)19-22-20(25)14-11-12-7-5-10-16(27-4-2)18(12)28-21(14)23-19/h5-10,24H,3-4,11H2,1-2H3,(H,22,23,25). The van der Waals surface area contributed by atoms with Gasteiger partial charge in [-0.05, 0) is 32.0 Å². The third-order valence-electron chi connectivity index (χ3n) is 4.46. The molecule has 0 saturated heterocycles. The molecule has 1 aliphatic heterocycles. The van der Waals surface area contributed by atoms with Gasteiger partial charge in [0, 0.05) is 12.0 Å². The van der Waals surface area contributed by atoms with E-state index in [0.29, 0.717) is 48.0 Å². The van der Waals surface area contributed by atoms with Gasteiger partial charge in [0.2, 0.25) is 5.88 Å². The van der Waals surface area contributed by atoms with Gasteiger partial charge in [-0.15, -0.1) is 0 Å². The van der Waals surface area contributed by atoms with Crippen molar-refractivity contribution in [1.82, 2.24) is 9.97 Å². The molecule has 7 nitrogen and oxygen atoms in total. The second-order valence-electron chi connectivity index (χ2n) is 6.24. The van der Waals surface area contributed by atoms with Crippen LogP contribution in [0.4, 0.5) is 0 Å². The zero-order valence-corrected chi connectivity index (χ0v) is 15.6. The summed E-state index contributed by atoms with van der Waals surface area (Å²) in [4.78, 5) is 19.9. The number of aromatic hydroxyl groups is 1. The minimum atomic E-state index is -0.311. The first-order chi connectivity index (χ1) is 13.6. The average molecular weight is 380 g/mol. The summed E-state index contributed by atoms with van der Waals surface area (Å²) in [6.45, 7) is 4.63. The number of aromatic amines is 1. The van der Waals surface area contributed by atoms with Crippen LogP contribution in [-0.2, 0) is 6.42 Å². The van der Waals surface area contributed by atoms with Gasteiger partial charge in [-0.25, -0.2) is 0 Å². The van der Waals surface area contributed by atoms with Crippen molar-refractivity contribution < 1.29 is 19.3 Å². The molecule has 0 saturated carbocycles. The Bertz CT molecular complexity index is 1090. The molecule has 7 heteroatoms. The third kappa shape index (κ3) is 3.05. The summed E-state index contributed by atoms with van der Waals surface area (Å²) in [5, 5.41) is 10.5. The summed E-state index contributed by atoms with van der Waals surface area (Å²) >= 11 is 0. The second kappa shape index (κ2) is 7.26. The number of para-hydroxylation sites is 2. The topological polar surface area (TPSA) is 93.7 Å². The lowest BCUT2D eigenvalue weighted by molar-refractivity contribution is 0.315. The van der Waals surface area contributed by atoms with Crippen molar-refractivity contribution >= 4 is 0 Å². The number of nitrogens with zero attached hydrogens (tertiary/aromatic N) is 1. The molecule has 3 aromatic rings. The molecular weight excluding hydrogens is 360 g/mol. The quantitative estimate of drug-likeness (QED) is 0.549. The molecule has 1 aromatic heterocycles. The first kappa shape index (κ1) is 17.9. The summed E-state index contributed by atoms with van der Waals surface area (Å²) in [5.41, 5.74) is 1.34. The SMILES string of the molecule is CCOc1cccc(-c2nc3c(c(=O)[nH]2)Cc2cccc(OCC)c2O3)c1O. The number of rotatable bonds is 5. The van der Waals surface area contributed by atoms with Crippen LogP contribution in [0, 0.1) is 0 Å². The van der Waals surface area contributed by atoms with Crippen LogP contribution in [0.1, 0.15) is 25.0 Å². The van der Waals surface area contributed by atoms with Crippen molar-refractivity contribution in [3.05, 3.63) is 57.9 Å². The zero-order valence-electron chi connectivity index (χ0n) is 15.6. The van der Waals surface area contributed by atoms with Crippen LogP contribution >= 0.6 is 0 Å². The highest BCUT2D eigenvalue weighted by Crippen LogP contribution is 2.42. The Morgan fingerprint density at radius 2 is 1.82 bits per heavy atom. The molecule has 4 rings (SSSR count). The van der Waals surface area contributed by atoms with Gasteiger partial charge in [0.05, 0.1) is 24.3 Å². The molecule has 0 radical (unpaired) electrons. The minimum Gasteiger partial charge on any atom is -0.504 e. The van der Waals surface area contributed by atoms with Crippen molar-refractivity contribution in [2.24, 2.45) is 0 Å². The van der Waals surface area contributed by atoms with Crippen molar-refractivity contribution in [2.75, 3.05) is 13.2 Å². The molecule has 2 aromatic carbocycles. The number of ether oxygens (including phenoxy) is 3. The largest absolute Gasteiger partial charge is 0.504 e. The Morgan fingerprint density at radius 1 is 1.11 bits per heavy atom. The number of hydrogen-bond donors (Lipinski definition) is 2. The molecule has 0 aliphatic carbocycles. The van der Waals surface area contributed by atoms with Crippen molar-refractivity contribution in [2.45, 2.75) is 20.3 Å². The predicted molar refractivity (Wildman–Crippen MR) is 104 cm³/mol. The first-order valence-corrected chi connectivity index (χ1v) is 9.13. The number of hydrogen-bond acceptors (Lipinski definition) is 6. The van der Waals surface area contributed by atoms with Gasteiger partial charge in [-0.1, -0.05) is 18.2 Å². The van der Waals surface area contributed by atoms with E-state index in [4.69, 9.17) is 14.2 Å². The third-order valence-corrected chi connectivity index (χ3v) is 4.46. The van der Waals surface area contributed by atoms with E-state index < -0.39 is 0 Å². The maximum absolute atomic E-state index is 12.7. The summed E-state index contributed by atoms with van der Waals surface area (Å²) in [6.07, 6.45) is 0.388. The highest BCUT2D eigenvalue weighted by molar-refractivity contribution is 5.68. The Hall–Kier alpha value is -3.48. The average Bonchev–Trinajstić information content (AvgIpc) is 2.69. The number of H-pyrrole nitrogens is 1. The molecule has 0 bridgehead atoms. The van der Waals surface area contributed by atoms with E-state index in [1.165, 1.54) is 0 Å². The van der Waals surface area contributed by atoms with E-state index in [0.717, 1.165) is 5.56 Å². The maximum Gasteiger partial charge on any atom is 0.258 e. The van der Waals surface area contributed by atoms with Crippen molar-refractivity contribution in [3.63, 3.8) is 0 Å². The van der Waals surface area contributed by atoms with E-state index in [9.17, 15) is 9.90 Å². The number of benzene rings is 2. The lowest BCUT2D eigenvalue weighted by Gasteiger charge is -2.21. The van der Waals surface area contributed by atoms with E-state index >= 15 is 0 Å². The Balaban J connectivity index is 1.79. The van der Waals surface area contributed by atoms with Crippen molar-refractivity contribution in [1.29, 1.82) is 0 Å². The van der Waals surface area contributed by atoms with Gasteiger partial charge < -0.3 is 24.3 Å². The molecule has 144 valence electrons. The Kier molecular flexibility index (Phi) is 4.65. The molecule has 2 heterocycles. The van der Waals surface area contributed by atoms with Gasteiger partial charge in [-0.3, -0.25) is 4.79 Å². The number of aromatic nitrogens is 2. The Labute approximate surface area is 161 Å². The molecule has 0 amide bonds. The number of fused-ring (bicyclic) bond motifs is 2. The number of phenolic OH excluding ortho intramolecular Hbond substituents is 1. The summed E-state index contributed by atoms with van der Waals surface area (Å²) in [6, 6.07) is 10.6. The lowest BCUT2D eigenvalue weighted by Crippen LogP contribution is -2.20. The molecule has 2 N–H and O–H groups in total. The van der Waals surface area contributed by atoms with E-state index in [2.05, 4.69) is 9.97 Å². The number of phenols is 1. The first-order valence-electron chi connectivity index (χ1n) is 9.13. The molecule has 0 unspecified atom stereocenters. The second-order valence-corrected chi connectivity index (χ2v) is 6.24. The minimum absolute atomic E-state index is 0.0846. The summed E-state index contributed by atoms with van der Waals surface area (Å²) in [7, 11) is 0. The number of nitrogens with one attached hydrogen (secondary N) is 1. The fraction of sp³-hybridized carbons (Fsp3) is 0.238. The molecule has 0 fully saturated rings. The lowest BCUT2D eigenvalue weighted by atomic mass is 10.0. The van der Waals surface area contributed by atoms with Crippen LogP contribution < -0.4 is 19.8 Å². The fourth-order valence-corrected chi connectivity index (χ4v) is 3.20. The molecule has 1 aliphatic rings. The predicted octanol–water partition coefficient (Wildman–Crippen LogP) is 3.64. The van der Waals surface area contributed by atoms with Gasteiger partial charge in [0.25, 0.3) is 5.56 Å². The summed E-state index contributed by atoms with van der Waals surface area (Å²) < 4.78 is 17.0. The van der Waals surface area contributed by atoms with Gasteiger partial charge >= 0.3 is 0 Å². The zero-order chi connectivity index (χ0) is 19.7. The monoisotopic (exact) mass is 380 g/mol. The smallest absolute Gasteiger partial charge is 0.258 e. The van der Waals surface area contributed by atoms with Crippen LogP contribution in [0.2, 0.25) is 0 Å². The maximum atomic E-state index is 12.7. The van der Waals surface area contributed by atoms with Crippen LogP contribution in [0.5, 0.6) is 28.9 Å². The van der Waals surface area contributed by atoms with Crippen LogP contribution in [0.3, 0.4) is 0 Å². The van der Waals surface area contributed by atoms with Gasteiger partial charge in [0.15, 0.2) is 23.0 Å². The molecular formula is C21H20N2O5. The fourth-order valence-electron chi connectivity index (χ4n) is 3.20. The van der Waals surface area contributed by atoms with Gasteiger partial charge in [-0.2, -0.15) is 4.98 Å². The normalized spacial score (nSPS) is 11.9. The molecule has 0 spiro atoms. The van der Waals surface area contributed by atoms with E-state index in [1.807, 2.05) is 32.0 Å². The van der Waals surface area contributed by atoms with Crippen molar-refractivity contribution in [3.8, 4) is 40.3 Å². The van der Waals surface area contributed by atoms with Crippen LogP contribution in [0.15, 0.2) is 41.2 Å². The van der Waals surface area contributed by atoms with Gasteiger partial charge in [0.1, 0.15) is 5.82 Å².